The quantitative estimate of drug-likeness (QED) is 0.231. The highest BCUT2D eigenvalue weighted by Gasteiger charge is 2.47. The Hall–Kier alpha value is -1.22. The molecule has 0 saturated carbocycles. The third-order valence-corrected chi connectivity index (χ3v) is 5.49. The zero-order chi connectivity index (χ0) is 22.4. The Morgan fingerprint density at radius 3 is 1.97 bits per heavy atom. The van der Waals surface area contributed by atoms with Crippen LogP contribution in [0.15, 0.2) is 0 Å². The first kappa shape index (κ1) is 26.8. The number of aliphatic hydroxyl groups excluding tert-OH is 3. The Bertz CT molecular complexity index is 488. The number of unbranched alkanes of at least 4 members (excludes halogenated alkanes) is 10. The Balaban J connectivity index is 2.28. The topological polar surface area (TPSA) is 125 Å². The molecule has 8 heteroatoms. The summed E-state index contributed by atoms with van der Waals surface area (Å²) >= 11 is 0. The third-order valence-electron chi connectivity index (χ3n) is 5.49. The summed E-state index contributed by atoms with van der Waals surface area (Å²) in [5.41, 5.74) is 0. The number of ether oxygens (including phenoxy) is 2. The van der Waals surface area contributed by atoms with Gasteiger partial charge in [-0.15, -0.1) is 0 Å². The molecular formula is C22H41NO7. The molecule has 0 aromatic heterocycles. The molecule has 0 aromatic carbocycles. The second-order valence-corrected chi connectivity index (χ2v) is 8.20. The molecule has 0 aromatic rings. The number of esters is 1. The van der Waals surface area contributed by atoms with Crippen molar-refractivity contribution in [2.24, 2.45) is 0 Å². The molecule has 0 unspecified atom stereocenters. The summed E-state index contributed by atoms with van der Waals surface area (Å²) in [6.45, 7) is 2.93. The predicted molar refractivity (Wildman–Crippen MR) is 113 cm³/mol. The molecule has 5 atom stereocenters. The van der Waals surface area contributed by atoms with E-state index in [0.29, 0.717) is 6.42 Å². The van der Waals surface area contributed by atoms with Gasteiger partial charge in [0.15, 0.2) is 12.4 Å². The number of carbonyl (C=O) groups excluding carboxylic acids is 2. The monoisotopic (exact) mass is 431 g/mol. The molecule has 4 N–H and O–H groups in total. The number of hydrogen-bond donors (Lipinski definition) is 4. The Kier molecular flexibility index (Phi) is 13.9. The van der Waals surface area contributed by atoms with Crippen LogP contribution in [0, 0.1) is 0 Å². The minimum absolute atomic E-state index is 0.202. The van der Waals surface area contributed by atoms with Gasteiger partial charge in [-0.25, -0.2) is 0 Å². The van der Waals surface area contributed by atoms with Crippen molar-refractivity contribution < 1.29 is 34.4 Å². The smallest absolute Gasteiger partial charge is 0.306 e. The van der Waals surface area contributed by atoms with Crippen molar-refractivity contribution in [3.05, 3.63) is 0 Å². The van der Waals surface area contributed by atoms with Gasteiger partial charge in [-0.1, -0.05) is 71.1 Å². The first-order valence-corrected chi connectivity index (χ1v) is 11.5. The molecular weight excluding hydrogens is 390 g/mol. The largest absolute Gasteiger partial charge is 0.457 e. The van der Waals surface area contributed by atoms with E-state index in [2.05, 4.69) is 12.2 Å². The highest BCUT2D eigenvalue weighted by Crippen LogP contribution is 2.23. The van der Waals surface area contributed by atoms with Crippen molar-refractivity contribution in [1.29, 1.82) is 0 Å². The maximum absolute atomic E-state index is 12.2. The number of hydrogen-bond acceptors (Lipinski definition) is 7. The lowest BCUT2D eigenvalue weighted by molar-refractivity contribution is -0.258. The van der Waals surface area contributed by atoms with Gasteiger partial charge in [-0.05, 0) is 6.42 Å². The highest BCUT2D eigenvalue weighted by atomic mass is 16.6. The van der Waals surface area contributed by atoms with E-state index in [4.69, 9.17) is 9.47 Å². The third kappa shape index (κ3) is 10.2. The van der Waals surface area contributed by atoms with Crippen molar-refractivity contribution in [2.45, 2.75) is 122 Å². The van der Waals surface area contributed by atoms with Crippen LogP contribution in [0.4, 0.5) is 0 Å². The van der Waals surface area contributed by atoms with E-state index >= 15 is 0 Å². The molecule has 1 heterocycles. The van der Waals surface area contributed by atoms with Gasteiger partial charge >= 0.3 is 5.97 Å². The van der Waals surface area contributed by atoms with Gasteiger partial charge in [0.1, 0.15) is 18.2 Å². The van der Waals surface area contributed by atoms with Gasteiger partial charge in [-0.2, -0.15) is 0 Å². The molecule has 0 bridgehead atoms. The number of carbonyl (C=O) groups is 2. The molecule has 0 aliphatic carbocycles. The molecule has 30 heavy (non-hydrogen) atoms. The average Bonchev–Trinajstić information content (AvgIpc) is 2.71. The molecule has 176 valence electrons. The molecule has 1 aliphatic heterocycles. The first-order chi connectivity index (χ1) is 14.4. The summed E-state index contributed by atoms with van der Waals surface area (Å²) in [6, 6.07) is -1.10. The fourth-order valence-electron chi connectivity index (χ4n) is 3.76. The summed E-state index contributed by atoms with van der Waals surface area (Å²) in [6.07, 6.45) is 7.98. The maximum Gasteiger partial charge on any atom is 0.306 e. The van der Waals surface area contributed by atoms with Gasteiger partial charge < -0.3 is 30.1 Å². The Morgan fingerprint density at radius 2 is 1.47 bits per heavy atom. The predicted octanol–water partition coefficient (Wildman–Crippen LogP) is 2.17. The average molecular weight is 432 g/mol. The van der Waals surface area contributed by atoms with Crippen molar-refractivity contribution in [1.82, 2.24) is 5.32 Å². The molecule has 8 nitrogen and oxygen atoms in total. The first-order valence-electron chi connectivity index (χ1n) is 11.5. The van der Waals surface area contributed by atoms with Crippen LogP contribution in [-0.4, -0.2) is 64.4 Å². The van der Waals surface area contributed by atoms with Crippen LogP contribution in [-0.2, 0) is 19.1 Å². The van der Waals surface area contributed by atoms with E-state index in [-0.39, 0.29) is 6.42 Å². The summed E-state index contributed by atoms with van der Waals surface area (Å²) in [5, 5.41) is 32.1. The molecule has 1 aliphatic rings. The number of aliphatic hydroxyl groups is 3. The Labute approximate surface area is 180 Å². The summed E-state index contributed by atoms with van der Waals surface area (Å²) in [5.74, 6) is -0.958. The van der Waals surface area contributed by atoms with Crippen molar-refractivity contribution >= 4 is 11.9 Å². The highest BCUT2D eigenvalue weighted by molar-refractivity contribution is 5.73. The fraction of sp³-hybridized carbons (Fsp3) is 0.909. The van der Waals surface area contributed by atoms with Crippen molar-refractivity contribution in [3.63, 3.8) is 0 Å². The summed E-state index contributed by atoms with van der Waals surface area (Å²) in [7, 11) is 0. The molecule has 1 saturated heterocycles. The molecule has 1 fully saturated rings. The van der Waals surface area contributed by atoms with Crippen LogP contribution in [0.2, 0.25) is 0 Å². The van der Waals surface area contributed by atoms with E-state index in [1.807, 2.05) is 0 Å². The van der Waals surface area contributed by atoms with Gasteiger partial charge in [0.25, 0.3) is 0 Å². The van der Waals surface area contributed by atoms with E-state index in [9.17, 15) is 24.9 Å². The van der Waals surface area contributed by atoms with E-state index in [0.717, 1.165) is 19.3 Å². The van der Waals surface area contributed by atoms with Crippen LogP contribution in [0.1, 0.15) is 90.9 Å². The Morgan fingerprint density at radius 1 is 0.933 bits per heavy atom. The van der Waals surface area contributed by atoms with Gasteiger partial charge in [0.2, 0.25) is 5.91 Å². The van der Waals surface area contributed by atoms with E-state index in [1.54, 1.807) is 0 Å². The van der Waals surface area contributed by atoms with Gasteiger partial charge in [0.05, 0.1) is 6.61 Å². The van der Waals surface area contributed by atoms with Gasteiger partial charge in [0, 0.05) is 13.3 Å². The molecule has 0 radical (unpaired) electrons. The van der Waals surface area contributed by atoms with Crippen LogP contribution >= 0.6 is 0 Å². The van der Waals surface area contributed by atoms with Crippen LogP contribution < -0.4 is 5.32 Å². The minimum Gasteiger partial charge on any atom is -0.457 e. The van der Waals surface area contributed by atoms with Crippen molar-refractivity contribution in [3.8, 4) is 0 Å². The standard InChI is InChI=1S/C22H41NO7/c1-3-4-5-6-7-8-9-10-11-12-13-14-18(26)30-21-19(23-16(2)25)22(28)29-17(15-24)20(21)27/h17,19-22,24,27-28H,3-15H2,1-2H3,(H,23,25)/t17-,19-,20+,21-,22+/m0/s1. The van der Waals surface area contributed by atoms with E-state index < -0.39 is 49.1 Å². The number of nitrogens with one attached hydrogen (secondary N) is 1. The fourth-order valence-corrected chi connectivity index (χ4v) is 3.76. The number of rotatable bonds is 15. The minimum atomic E-state index is -1.49. The zero-order valence-electron chi connectivity index (χ0n) is 18.6. The van der Waals surface area contributed by atoms with Crippen molar-refractivity contribution in [2.75, 3.05) is 6.61 Å². The summed E-state index contributed by atoms with van der Waals surface area (Å²) < 4.78 is 10.5. The van der Waals surface area contributed by atoms with Crippen LogP contribution in [0.3, 0.4) is 0 Å². The number of amides is 1. The lowest BCUT2D eigenvalue weighted by Crippen LogP contribution is -2.65. The normalized spacial score (nSPS) is 26.4. The molecule has 0 spiro atoms. The maximum atomic E-state index is 12.2. The van der Waals surface area contributed by atoms with Crippen LogP contribution in [0.25, 0.3) is 0 Å². The lowest BCUT2D eigenvalue weighted by Gasteiger charge is -2.41. The second-order valence-electron chi connectivity index (χ2n) is 8.20. The van der Waals surface area contributed by atoms with Crippen LogP contribution in [0.5, 0.6) is 0 Å². The SMILES string of the molecule is CCCCCCCCCCCCCC(=O)O[C@@H]1[C@H](O)[C@H](CO)O[C@@H](O)[C@H]1NC(C)=O. The second kappa shape index (κ2) is 15.6. The van der Waals surface area contributed by atoms with E-state index in [1.165, 1.54) is 51.9 Å². The lowest BCUT2D eigenvalue weighted by atomic mass is 9.96. The zero-order valence-corrected chi connectivity index (χ0v) is 18.6. The summed E-state index contributed by atoms with van der Waals surface area (Å²) in [4.78, 5) is 23.6. The molecule has 1 rings (SSSR count). The van der Waals surface area contributed by atoms with Gasteiger partial charge in [-0.3, -0.25) is 9.59 Å². The molecule has 1 amide bonds.